The van der Waals surface area contributed by atoms with Crippen molar-refractivity contribution in [3.05, 3.63) is 89.5 Å². The molecule has 0 atom stereocenters. The van der Waals surface area contributed by atoms with E-state index in [9.17, 15) is 0 Å². The number of ether oxygens (including phenoxy) is 3. The number of rotatable bonds is 4. The van der Waals surface area contributed by atoms with Gasteiger partial charge in [-0.1, -0.05) is 36.4 Å². The number of hydrogen-bond donors (Lipinski definition) is 0. The third kappa shape index (κ3) is 2.82. The SMILES string of the molecule is CCOC(=C1c2ccccc2Oc2ccccc21)c1ccc(OC)cc1. The van der Waals surface area contributed by atoms with Gasteiger partial charge in [-0.25, -0.2) is 0 Å². The van der Waals surface area contributed by atoms with Crippen molar-refractivity contribution in [1.29, 1.82) is 0 Å². The lowest BCUT2D eigenvalue weighted by Gasteiger charge is -2.25. The van der Waals surface area contributed by atoms with Crippen molar-refractivity contribution in [2.45, 2.75) is 6.92 Å². The first-order chi connectivity index (χ1) is 12.8. The summed E-state index contributed by atoms with van der Waals surface area (Å²) in [4.78, 5) is 0. The Morgan fingerprint density at radius 3 is 1.92 bits per heavy atom. The highest BCUT2D eigenvalue weighted by molar-refractivity contribution is 6.00. The molecule has 0 unspecified atom stereocenters. The van der Waals surface area contributed by atoms with Gasteiger partial charge in [0.2, 0.25) is 0 Å². The van der Waals surface area contributed by atoms with Crippen LogP contribution in [0.1, 0.15) is 23.6 Å². The maximum atomic E-state index is 6.14. The minimum Gasteiger partial charge on any atom is -0.497 e. The fraction of sp³-hybridized carbons (Fsp3) is 0.130. The predicted molar refractivity (Wildman–Crippen MR) is 103 cm³/mol. The molecule has 0 amide bonds. The van der Waals surface area contributed by atoms with Gasteiger partial charge in [0.25, 0.3) is 0 Å². The number of hydrogen-bond acceptors (Lipinski definition) is 3. The molecule has 3 heteroatoms. The van der Waals surface area contributed by atoms with E-state index in [4.69, 9.17) is 14.2 Å². The number of para-hydroxylation sites is 2. The van der Waals surface area contributed by atoms with Crippen LogP contribution in [0.25, 0.3) is 11.3 Å². The Labute approximate surface area is 153 Å². The molecule has 130 valence electrons. The summed E-state index contributed by atoms with van der Waals surface area (Å²) in [6.45, 7) is 2.58. The monoisotopic (exact) mass is 344 g/mol. The molecule has 0 saturated carbocycles. The Balaban J connectivity index is 1.99. The minimum atomic E-state index is 0.579. The smallest absolute Gasteiger partial charge is 0.135 e. The Hall–Kier alpha value is -3.20. The molecule has 1 aliphatic heterocycles. The Kier molecular flexibility index (Phi) is 4.36. The van der Waals surface area contributed by atoms with E-state index < -0.39 is 0 Å². The Morgan fingerprint density at radius 2 is 1.38 bits per heavy atom. The van der Waals surface area contributed by atoms with Crippen LogP contribution in [0.4, 0.5) is 0 Å². The summed E-state index contributed by atoms with van der Waals surface area (Å²) < 4.78 is 17.5. The molecule has 1 aliphatic rings. The predicted octanol–water partition coefficient (Wildman–Crippen LogP) is 5.75. The topological polar surface area (TPSA) is 27.7 Å². The lowest BCUT2D eigenvalue weighted by Crippen LogP contribution is -2.06. The molecule has 0 aromatic heterocycles. The van der Waals surface area contributed by atoms with Crippen molar-refractivity contribution in [2.24, 2.45) is 0 Å². The number of methoxy groups -OCH3 is 1. The summed E-state index contributed by atoms with van der Waals surface area (Å²) in [6, 6.07) is 24.1. The fourth-order valence-electron chi connectivity index (χ4n) is 3.22. The zero-order chi connectivity index (χ0) is 17.9. The third-order valence-corrected chi connectivity index (χ3v) is 4.40. The highest BCUT2D eigenvalue weighted by Gasteiger charge is 2.26. The molecule has 0 aliphatic carbocycles. The quantitative estimate of drug-likeness (QED) is 0.441. The van der Waals surface area contributed by atoms with E-state index >= 15 is 0 Å². The molecule has 0 saturated heterocycles. The van der Waals surface area contributed by atoms with Crippen molar-refractivity contribution in [3.63, 3.8) is 0 Å². The van der Waals surface area contributed by atoms with Gasteiger partial charge in [-0.05, 0) is 43.3 Å². The van der Waals surface area contributed by atoms with Gasteiger partial charge in [0.1, 0.15) is 23.0 Å². The lowest BCUT2D eigenvalue weighted by molar-refractivity contribution is 0.299. The molecule has 4 rings (SSSR count). The molecule has 3 aromatic rings. The maximum absolute atomic E-state index is 6.14. The van der Waals surface area contributed by atoms with Crippen LogP contribution in [-0.2, 0) is 4.74 Å². The summed E-state index contributed by atoms with van der Waals surface area (Å²) in [5.41, 5.74) is 4.12. The molecule has 1 heterocycles. The van der Waals surface area contributed by atoms with Crippen molar-refractivity contribution in [1.82, 2.24) is 0 Å². The van der Waals surface area contributed by atoms with Gasteiger partial charge in [0.05, 0.1) is 13.7 Å². The molecule has 0 spiro atoms. The van der Waals surface area contributed by atoms with E-state index in [0.29, 0.717) is 6.61 Å². The van der Waals surface area contributed by atoms with Crippen LogP contribution >= 0.6 is 0 Å². The summed E-state index contributed by atoms with van der Waals surface area (Å²) >= 11 is 0. The van der Waals surface area contributed by atoms with E-state index in [1.807, 2.05) is 67.6 Å². The maximum Gasteiger partial charge on any atom is 0.135 e. The van der Waals surface area contributed by atoms with Gasteiger partial charge < -0.3 is 14.2 Å². The van der Waals surface area contributed by atoms with Gasteiger partial charge in [-0.3, -0.25) is 0 Å². The second kappa shape index (κ2) is 6.96. The Bertz CT molecular complexity index is 908. The van der Waals surface area contributed by atoms with E-state index in [1.54, 1.807) is 7.11 Å². The van der Waals surface area contributed by atoms with Gasteiger partial charge in [-0.15, -0.1) is 0 Å². The van der Waals surface area contributed by atoms with Gasteiger partial charge in [0, 0.05) is 22.3 Å². The standard InChI is InChI=1S/C23H20O3/c1-3-25-23(16-12-14-17(24-2)15-13-16)22-18-8-4-6-10-20(18)26-21-11-7-5-9-19(21)22/h4-15H,3H2,1-2H3. The van der Waals surface area contributed by atoms with E-state index in [0.717, 1.165) is 45.3 Å². The normalized spacial score (nSPS) is 11.8. The minimum absolute atomic E-state index is 0.579. The summed E-state index contributed by atoms with van der Waals surface area (Å²) in [5.74, 6) is 3.35. The first kappa shape index (κ1) is 16.3. The van der Waals surface area contributed by atoms with Gasteiger partial charge in [-0.2, -0.15) is 0 Å². The average Bonchev–Trinajstić information content (AvgIpc) is 2.71. The highest BCUT2D eigenvalue weighted by atomic mass is 16.5. The molecular formula is C23H20O3. The zero-order valence-corrected chi connectivity index (χ0v) is 14.9. The average molecular weight is 344 g/mol. The van der Waals surface area contributed by atoms with Gasteiger partial charge in [0.15, 0.2) is 0 Å². The zero-order valence-electron chi connectivity index (χ0n) is 14.9. The largest absolute Gasteiger partial charge is 0.497 e. The molecule has 0 bridgehead atoms. The number of fused-ring (bicyclic) bond motifs is 2. The molecule has 0 fully saturated rings. The second-order valence-corrected chi connectivity index (χ2v) is 5.96. The van der Waals surface area contributed by atoms with E-state index in [2.05, 4.69) is 12.1 Å². The molecule has 0 N–H and O–H groups in total. The molecular weight excluding hydrogens is 324 g/mol. The van der Waals surface area contributed by atoms with Crippen molar-refractivity contribution in [3.8, 4) is 17.2 Å². The lowest BCUT2D eigenvalue weighted by atomic mass is 9.91. The number of benzene rings is 3. The molecule has 3 aromatic carbocycles. The van der Waals surface area contributed by atoms with E-state index in [1.165, 1.54) is 0 Å². The molecule has 26 heavy (non-hydrogen) atoms. The first-order valence-corrected chi connectivity index (χ1v) is 8.70. The van der Waals surface area contributed by atoms with Crippen LogP contribution in [0.2, 0.25) is 0 Å². The van der Waals surface area contributed by atoms with Crippen molar-refractivity contribution in [2.75, 3.05) is 13.7 Å². The van der Waals surface area contributed by atoms with Crippen LogP contribution in [0.15, 0.2) is 72.8 Å². The van der Waals surface area contributed by atoms with E-state index in [-0.39, 0.29) is 0 Å². The van der Waals surface area contributed by atoms with Crippen LogP contribution in [0.3, 0.4) is 0 Å². The van der Waals surface area contributed by atoms with Gasteiger partial charge >= 0.3 is 0 Å². The van der Waals surface area contributed by atoms with Crippen LogP contribution < -0.4 is 9.47 Å². The van der Waals surface area contributed by atoms with Crippen LogP contribution in [0.5, 0.6) is 17.2 Å². The molecule has 0 radical (unpaired) electrons. The fourth-order valence-corrected chi connectivity index (χ4v) is 3.22. The third-order valence-electron chi connectivity index (χ3n) is 4.40. The highest BCUT2D eigenvalue weighted by Crippen LogP contribution is 2.46. The second-order valence-electron chi connectivity index (χ2n) is 5.96. The molecule has 3 nitrogen and oxygen atoms in total. The van der Waals surface area contributed by atoms with Crippen LogP contribution in [-0.4, -0.2) is 13.7 Å². The van der Waals surface area contributed by atoms with Crippen molar-refractivity contribution < 1.29 is 14.2 Å². The van der Waals surface area contributed by atoms with Crippen LogP contribution in [0, 0.1) is 0 Å². The summed E-state index contributed by atoms with van der Waals surface area (Å²) in [6.07, 6.45) is 0. The first-order valence-electron chi connectivity index (χ1n) is 8.70. The summed E-state index contributed by atoms with van der Waals surface area (Å²) in [5, 5.41) is 0. The van der Waals surface area contributed by atoms with Crippen molar-refractivity contribution >= 4 is 11.3 Å². The Morgan fingerprint density at radius 1 is 0.808 bits per heavy atom. The summed E-state index contributed by atoms with van der Waals surface area (Å²) in [7, 11) is 1.67.